The molecule has 0 bridgehead atoms. The SMILES string of the molecule is C#Cc1cccc(NC(=O)C2(C)CCNCC2)c1. The molecule has 0 unspecified atom stereocenters. The van der Waals surface area contributed by atoms with Gasteiger partial charge in [0.1, 0.15) is 0 Å². The number of amides is 1. The minimum Gasteiger partial charge on any atom is -0.326 e. The molecule has 1 fully saturated rings. The summed E-state index contributed by atoms with van der Waals surface area (Å²) in [5.74, 6) is 2.65. The first-order valence-corrected chi connectivity index (χ1v) is 6.23. The van der Waals surface area contributed by atoms with Crippen LogP contribution in [0.4, 0.5) is 5.69 Å². The van der Waals surface area contributed by atoms with Gasteiger partial charge in [0.25, 0.3) is 0 Å². The molecule has 2 rings (SSSR count). The first kappa shape index (κ1) is 12.7. The Morgan fingerprint density at radius 3 is 2.83 bits per heavy atom. The Kier molecular flexibility index (Phi) is 3.69. The number of hydrogen-bond acceptors (Lipinski definition) is 2. The standard InChI is InChI=1S/C15H18N2O/c1-3-12-5-4-6-13(11-12)17-14(18)15(2)7-9-16-10-8-15/h1,4-6,11,16H,7-10H2,2H3,(H,17,18). The Morgan fingerprint density at radius 1 is 1.44 bits per heavy atom. The van der Waals surface area contributed by atoms with Crippen molar-refractivity contribution in [3.63, 3.8) is 0 Å². The van der Waals surface area contributed by atoms with Crippen LogP contribution in [0.3, 0.4) is 0 Å². The second kappa shape index (κ2) is 5.24. The summed E-state index contributed by atoms with van der Waals surface area (Å²) in [5, 5.41) is 6.23. The molecule has 1 heterocycles. The zero-order valence-electron chi connectivity index (χ0n) is 10.6. The van der Waals surface area contributed by atoms with Gasteiger partial charge in [0.15, 0.2) is 0 Å². The quantitative estimate of drug-likeness (QED) is 0.779. The van der Waals surface area contributed by atoms with Gasteiger partial charge in [0.05, 0.1) is 0 Å². The van der Waals surface area contributed by atoms with E-state index >= 15 is 0 Å². The molecule has 94 valence electrons. The fourth-order valence-corrected chi connectivity index (χ4v) is 2.17. The van der Waals surface area contributed by atoms with Crippen molar-refractivity contribution in [3.05, 3.63) is 29.8 Å². The highest BCUT2D eigenvalue weighted by Crippen LogP contribution is 2.29. The van der Waals surface area contributed by atoms with Gasteiger partial charge in [-0.05, 0) is 44.1 Å². The van der Waals surface area contributed by atoms with E-state index in [1.165, 1.54) is 0 Å². The molecule has 1 amide bonds. The molecule has 0 spiro atoms. The van der Waals surface area contributed by atoms with Crippen LogP contribution < -0.4 is 10.6 Å². The number of carbonyl (C=O) groups excluding carboxylic acids is 1. The smallest absolute Gasteiger partial charge is 0.230 e. The lowest BCUT2D eigenvalue weighted by Crippen LogP contribution is -2.42. The predicted octanol–water partition coefficient (Wildman–Crippen LogP) is 2.00. The lowest BCUT2D eigenvalue weighted by Gasteiger charge is -2.32. The Morgan fingerprint density at radius 2 is 2.17 bits per heavy atom. The van der Waals surface area contributed by atoms with E-state index in [2.05, 4.69) is 16.6 Å². The van der Waals surface area contributed by atoms with E-state index in [9.17, 15) is 4.79 Å². The van der Waals surface area contributed by atoms with Crippen LogP contribution >= 0.6 is 0 Å². The number of nitrogens with one attached hydrogen (secondary N) is 2. The van der Waals surface area contributed by atoms with Gasteiger partial charge < -0.3 is 10.6 Å². The van der Waals surface area contributed by atoms with Crippen LogP contribution in [0.25, 0.3) is 0 Å². The van der Waals surface area contributed by atoms with E-state index in [1.807, 2.05) is 31.2 Å². The molecule has 3 heteroatoms. The van der Waals surface area contributed by atoms with Gasteiger partial charge >= 0.3 is 0 Å². The third-order valence-electron chi connectivity index (χ3n) is 3.54. The summed E-state index contributed by atoms with van der Waals surface area (Å²) < 4.78 is 0. The third kappa shape index (κ3) is 2.72. The van der Waals surface area contributed by atoms with Crippen LogP contribution in [-0.4, -0.2) is 19.0 Å². The average molecular weight is 242 g/mol. The Bertz CT molecular complexity index is 482. The summed E-state index contributed by atoms with van der Waals surface area (Å²) >= 11 is 0. The first-order chi connectivity index (χ1) is 8.64. The second-order valence-electron chi connectivity index (χ2n) is 4.99. The van der Waals surface area contributed by atoms with Crippen molar-refractivity contribution in [3.8, 4) is 12.3 Å². The van der Waals surface area contributed by atoms with Crippen LogP contribution in [-0.2, 0) is 4.79 Å². The van der Waals surface area contributed by atoms with Gasteiger partial charge in [-0.15, -0.1) is 6.42 Å². The van der Waals surface area contributed by atoms with Gasteiger partial charge in [0.2, 0.25) is 5.91 Å². The normalized spacial score (nSPS) is 17.8. The van der Waals surface area contributed by atoms with E-state index in [1.54, 1.807) is 0 Å². The summed E-state index contributed by atoms with van der Waals surface area (Å²) in [7, 11) is 0. The fourth-order valence-electron chi connectivity index (χ4n) is 2.17. The molecule has 1 aromatic rings. The maximum absolute atomic E-state index is 12.3. The van der Waals surface area contributed by atoms with Crippen molar-refractivity contribution in [2.75, 3.05) is 18.4 Å². The number of hydrogen-bond donors (Lipinski definition) is 2. The Balaban J connectivity index is 2.08. The largest absolute Gasteiger partial charge is 0.326 e. The van der Waals surface area contributed by atoms with Crippen molar-refractivity contribution in [1.82, 2.24) is 5.32 Å². The topological polar surface area (TPSA) is 41.1 Å². The van der Waals surface area contributed by atoms with Crippen LogP contribution in [0.2, 0.25) is 0 Å². The number of carbonyl (C=O) groups is 1. The van der Waals surface area contributed by atoms with Crippen LogP contribution in [0.1, 0.15) is 25.3 Å². The zero-order valence-corrected chi connectivity index (χ0v) is 10.6. The van der Waals surface area contributed by atoms with Crippen molar-refractivity contribution in [1.29, 1.82) is 0 Å². The van der Waals surface area contributed by atoms with Gasteiger partial charge in [-0.3, -0.25) is 4.79 Å². The molecule has 1 aromatic carbocycles. The summed E-state index contributed by atoms with van der Waals surface area (Å²) in [6.07, 6.45) is 7.08. The Hall–Kier alpha value is -1.79. The molecule has 0 aromatic heterocycles. The molecule has 1 aliphatic rings. The minimum absolute atomic E-state index is 0.0816. The van der Waals surface area contributed by atoms with Crippen LogP contribution in [0.15, 0.2) is 24.3 Å². The monoisotopic (exact) mass is 242 g/mol. The first-order valence-electron chi connectivity index (χ1n) is 6.23. The Labute approximate surface area is 108 Å². The highest BCUT2D eigenvalue weighted by molar-refractivity contribution is 5.95. The molecule has 0 aliphatic carbocycles. The highest BCUT2D eigenvalue weighted by atomic mass is 16.2. The van der Waals surface area contributed by atoms with Gasteiger partial charge in [0, 0.05) is 16.7 Å². The van der Waals surface area contributed by atoms with E-state index in [4.69, 9.17) is 6.42 Å². The van der Waals surface area contributed by atoms with Crippen molar-refractivity contribution in [2.24, 2.45) is 5.41 Å². The number of terminal acetylenes is 1. The lowest BCUT2D eigenvalue weighted by atomic mass is 9.80. The second-order valence-corrected chi connectivity index (χ2v) is 4.99. The predicted molar refractivity (Wildman–Crippen MR) is 73.2 cm³/mol. The number of piperidine rings is 1. The average Bonchev–Trinajstić information content (AvgIpc) is 2.40. The number of rotatable bonds is 2. The molecular weight excluding hydrogens is 224 g/mol. The van der Waals surface area contributed by atoms with Crippen molar-refractivity contribution >= 4 is 11.6 Å². The summed E-state index contributed by atoms with van der Waals surface area (Å²) in [6, 6.07) is 7.39. The van der Waals surface area contributed by atoms with Gasteiger partial charge in [-0.25, -0.2) is 0 Å². The fraction of sp³-hybridized carbons (Fsp3) is 0.400. The summed E-state index contributed by atoms with van der Waals surface area (Å²) in [6.45, 7) is 3.82. The molecule has 1 saturated heterocycles. The van der Waals surface area contributed by atoms with Crippen LogP contribution in [0.5, 0.6) is 0 Å². The maximum atomic E-state index is 12.3. The van der Waals surface area contributed by atoms with E-state index in [0.29, 0.717) is 0 Å². The molecule has 18 heavy (non-hydrogen) atoms. The lowest BCUT2D eigenvalue weighted by molar-refractivity contribution is -0.126. The molecule has 3 nitrogen and oxygen atoms in total. The van der Waals surface area contributed by atoms with E-state index in [-0.39, 0.29) is 11.3 Å². The molecule has 0 atom stereocenters. The van der Waals surface area contributed by atoms with Gasteiger partial charge in [-0.1, -0.05) is 18.9 Å². The number of benzene rings is 1. The molecule has 0 radical (unpaired) electrons. The van der Waals surface area contributed by atoms with Crippen molar-refractivity contribution in [2.45, 2.75) is 19.8 Å². The van der Waals surface area contributed by atoms with Gasteiger partial charge in [-0.2, -0.15) is 0 Å². The van der Waals surface area contributed by atoms with Crippen molar-refractivity contribution < 1.29 is 4.79 Å². The molecular formula is C15H18N2O. The summed E-state index contributed by atoms with van der Waals surface area (Å²) in [5.41, 5.74) is 1.27. The summed E-state index contributed by atoms with van der Waals surface area (Å²) in [4.78, 5) is 12.3. The van der Waals surface area contributed by atoms with Crippen LogP contribution in [0, 0.1) is 17.8 Å². The molecule has 2 N–H and O–H groups in total. The third-order valence-corrected chi connectivity index (χ3v) is 3.54. The minimum atomic E-state index is -0.280. The number of anilines is 1. The van der Waals surface area contributed by atoms with E-state index in [0.717, 1.165) is 37.2 Å². The maximum Gasteiger partial charge on any atom is 0.230 e. The highest BCUT2D eigenvalue weighted by Gasteiger charge is 2.34. The molecule has 0 saturated carbocycles. The van der Waals surface area contributed by atoms with E-state index < -0.39 is 0 Å². The zero-order chi connectivity index (χ0) is 13.0. The molecule has 1 aliphatic heterocycles.